The van der Waals surface area contributed by atoms with E-state index in [1.165, 1.54) is 11.6 Å². The van der Waals surface area contributed by atoms with Crippen molar-refractivity contribution in [2.45, 2.75) is 19.7 Å². The molecular formula is C38H30N4O5. The summed E-state index contributed by atoms with van der Waals surface area (Å²) in [4.78, 5) is 11.0. The highest BCUT2D eigenvalue weighted by molar-refractivity contribution is 5.93. The summed E-state index contributed by atoms with van der Waals surface area (Å²) in [5, 5.41) is 29.6. The lowest BCUT2D eigenvalue weighted by Gasteiger charge is -2.03. The molecule has 0 amide bonds. The van der Waals surface area contributed by atoms with E-state index >= 15 is 0 Å². The van der Waals surface area contributed by atoms with Gasteiger partial charge in [0.15, 0.2) is 11.5 Å². The Labute approximate surface area is 269 Å². The zero-order valence-electron chi connectivity index (χ0n) is 25.2. The van der Waals surface area contributed by atoms with Gasteiger partial charge in [0, 0.05) is 10.8 Å². The SMILES string of the molecule is O=C(O)c1ccc(-c2nn(Cc3ccccc3)c3ccccc23)o1.OCc1ccc(-c2nn(Cc3ccccc3)c3ccccc23)o1. The van der Waals surface area contributed by atoms with Crippen LogP contribution in [0.3, 0.4) is 0 Å². The molecule has 0 saturated carbocycles. The number of aromatic nitrogens is 4. The van der Waals surface area contributed by atoms with Crippen LogP contribution in [0.25, 0.3) is 44.7 Å². The summed E-state index contributed by atoms with van der Waals surface area (Å²) in [6, 6.07) is 43.0. The molecule has 4 heterocycles. The molecule has 0 spiro atoms. The number of para-hydroxylation sites is 2. The minimum Gasteiger partial charge on any atom is -0.475 e. The van der Waals surface area contributed by atoms with Crippen molar-refractivity contribution in [2.24, 2.45) is 0 Å². The summed E-state index contributed by atoms with van der Waals surface area (Å²) in [6.07, 6.45) is 0. The zero-order valence-corrected chi connectivity index (χ0v) is 25.2. The second-order valence-electron chi connectivity index (χ2n) is 10.9. The van der Waals surface area contributed by atoms with E-state index in [2.05, 4.69) is 23.3 Å². The third-order valence-electron chi connectivity index (χ3n) is 7.77. The molecule has 8 rings (SSSR count). The van der Waals surface area contributed by atoms with E-state index in [-0.39, 0.29) is 12.4 Å². The monoisotopic (exact) mass is 622 g/mol. The molecule has 0 bridgehead atoms. The fourth-order valence-corrected chi connectivity index (χ4v) is 5.54. The van der Waals surface area contributed by atoms with Gasteiger partial charge in [-0.1, -0.05) is 97.1 Å². The van der Waals surface area contributed by atoms with Gasteiger partial charge in [-0.15, -0.1) is 0 Å². The maximum Gasteiger partial charge on any atom is 0.371 e. The molecule has 4 aromatic heterocycles. The maximum absolute atomic E-state index is 11.0. The van der Waals surface area contributed by atoms with Crippen molar-refractivity contribution < 1.29 is 23.8 Å². The Balaban J connectivity index is 0.000000150. The summed E-state index contributed by atoms with van der Waals surface area (Å²) in [5.74, 6) is 0.495. The number of benzene rings is 4. The van der Waals surface area contributed by atoms with Crippen LogP contribution in [-0.2, 0) is 19.7 Å². The molecule has 232 valence electrons. The van der Waals surface area contributed by atoms with Crippen molar-refractivity contribution in [3.8, 4) is 22.9 Å². The van der Waals surface area contributed by atoms with Crippen LogP contribution in [-0.4, -0.2) is 35.7 Å². The van der Waals surface area contributed by atoms with E-state index in [1.807, 2.05) is 106 Å². The normalized spacial score (nSPS) is 11.1. The third-order valence-corrected chi connectivity index (χ3v) is 7.77. The van der Waals surface area contributed by atoms with Crippen LogP contribution in [0.5, 0.6) is 0 Å². The lowest BCUT2D eigenvalue weighted by molar-refractivity contribution is 0.0663. The number of furan rings is 2. The molecule has 8 aromatic rings. The third kappa shape index (κ3) is 6.20. The number of carbonyl (C=O) groups is 1. The predicted molar refractivity (Wildman–Crippen MR) is 179 cm³/mol. The quantitative estimate of drug-likeness (QED) is 0.177. The zero-order chi connectivity index (χ0) is 32.2. The summed E-state index contributed by atoms with van der Waals surface area (Å²) in [6.45, 7) is 1.23. The molecule has 0 aliphatic rings. The van der Waals surface area contributed by atoms with Crippen molar-refractivity contribution in [2.75, 3.05) is 0 Å². The summed E-state index contributed by atoms with van der Waals surface area (Å²) in [7, 11) is 0. The molecule has 2 N–H and O–H groups in total. The molecule has 47 heavy (non-hydrogen) atoms. The van der Waals surface area contributed by atoms with Crippen molar-refractivity contribution in [1.82, 2.24) is 19.6 Å². The number of aliphatic hydroxyl groups is 1. The number of aromatic carboxylic acids is 1. The van der Waals surface area contributed by atoms with E-state index in [9.17, 15) is 9.90 Å². The van der Waals surface area contributed by atoms with Crippen LogP contribution in [0.4, 0.5) is 0 Å². The molecule has 0 fully saturated rings. The fraction of sp³-hybridized carbons (Fsp3) is 0.0789. The second-order valence-corrected chi connectivity index (χ2v) is 10.9. The molecule has 0 aliphatic carbocycles. The highest BCUT2D eigenvalue weighted by Crippen LogP contribution is 2.31. The topological polar surface area (TPSA) is 119 Å². The number of carboxylic acids is 1. The molecule has 9 heteroatoms. The van der Waals surface area contributed by atoms with Crippen molar-refractivity contribution in [1.29, 1.82) is 0 Å². The molecule has 0 saturated heterocycles. The summed E-state index contributed by atoms with van der Waals surface area (Å²) < 4.78 is 15.0. The molecule has 9 nitrogen and oxygen atoms in total. The highest BCUT2D eigenvalue weighted by Gasteiger charge is 2.18. The first kappa shape index (κ1) is 29.5. The van der Waals surface area contributed by atoms with E-state index in [0.29, 0.717) is 36.1 Å². The first-order valence-electron chi connectivity index (χ1n) is 15.1. The van der Waals surface area contributed by atoms with Crippen LogP contribution >= 0.6 is 0 Å². The molecule has 0 radical (unpaired) electrons. The number of hydrogen-bond acceptors (Lipinski definition) is 6. The van der Waals surface area contributed by atoms with Crippen LogP contribution in [0.2, 0.25) is 0 Å². The van der Waals surface area contributed by atoms with Gasteiger partial charge >= 0.3 is 5.97 Å². The predicted octanol–water partition coefficient (Wildman–Crippen LogP) is 7.88. The standard InChI is InChI=1S/C19H14N2O3.C19H16N2O2/c22-19(23)17-11-10-16(24-17)18-14-8-4-5-9-15(14)21(20-18)12-13-6-2-1-3-7-13;22-13-15-10-11-18(23-15)19-16-8-4-5-9-17(16)21(20-19)12-14-6-2-1-3-7-14/h1-11H,12H2,(H,22,23);1-11,22H,12-13H2. The smallest absolute Gasteiger partial charge is 0.371 e. The fourth-order valence-electron chi connectivity index (χ4n) is 5.54. The number of carboxylic acid groups (broad SMARTS) is 1. The number of fused-ring (bicyclic) bond motifs is 2. The van der Waals surface area contributed by atoms with Gasteiger partial charge in [0.25, 0.3) is 0 Å². The Morgan fingerprint density at radius 2 is 1.04 bits per heavy atom. The number of aliphatic hydroxyl groups excluding tert-OH is 1. The summed E-state index contributed by atoms with van der Waals surface area (Å²) >= 11 is 0. The van der Waals surface area contributed by atoms with Gasteiger partial charge in [0.2, 0.25) is 5.76 Å². The molecule has 4 aromatic carbocycles. The van der Waals surface area contributed by atoms with E-state index < -0.39 is 5.97 Å². The first-order chi connectivity index (χ1) is 23.1. The van der Waals surface area contributed by atoms with Gasteiger partial charge in [-0.3, -0.25) is 9.36 Å². The molecule has 0 atom stereocenters. The Hall–Kier alpha value is -6.19. The van der Waals surface area contributed by atoms with E-state index in [1.54, 1.807) is 12.1 Å². The maximum atomic E-state index is 11.0. The Kier molecular flexibility index (Phi) is 8.19. The van der Waals surface area contributed by atoms with Crippen LogP contribution < -0.4 is 0 Å². The lowest BCUT2D eigenvalue weighted by atomic mass is 10.2. The Bertz CT molecular complexity index is 2280. The highest BCUT2D eigenvalue weighted by atomic mass is 16.4. The van der Waals surface area contributed by atoms with E-state index in [4.69, 9.17) is 19.0 Å². The van der Waals surface area contributed by atoms with Crippen molar-refractivity contribution in [3.63, 3.8) is 0 Å². The van der Waals surface area contributed by atoms with Crippen molar-refractivity contribution >= 4 is 27.8 Å². The van der Waals surface area contributed by atoms with E-state index in [0.717, 1.165) is 33.1 Å². The van der Waals surface area contributed by atoms with Gasteiger partial charge in [-0.05, 0) is 47.5 Å². The largest absolute Gasteiger partial charge is 0.475 e. The second kappa shape index (κ2) is 13.0. The molecular weight excluding hydrogens is 592 g/mol. The van der Waals surface area contributed by atoms with Crippen LogP contribution in [0.15, 0.2) is 142 Å². The van der Waals surface area contributed by atoms with Crippen molar-refractivity contribution in [3.05, 3.63) is 156 Å². The summed E-state index contributed by atoms with van der Waals surface area (Å²) in [5.41, 5.74) is 5.83. The number of nitrogens with zero attached hydrogens (tertiary/aromatic N) is 4. The molecule has 0 aliphatic heterocycles. The minimum atomic E-state index is -1.09. The van der Waals surface area contributed by atoms with Gasteiger partial charge in [0.1, 0.15) is 23.8 Å². The van der Waals surface area contributed by atoms with Crippen LogP contribution in [0.1, 0.15) is 27.4 Å². The van der Waals surface area contributed by atoms with Crippen LogP contribution in [0, 0.1) is 0 Å². The number of rotatable bonds is 8. The average molecular weight is 623 g/mol. The lowest BCUT2D eigenvalue weighted by Crippen LogP contribution is -2.01. The molecule has 0 unspecified atom stereocenters. The van der Waals surface area contributed by atoms with Gasteiger partial charge in [-0.25, -0.2) is 4.79 Å². The Morgan fingerprint density at radius 1 is 0.574 bits per heavy atom. The van der Waals surface area contributed by atoms with Gasteiger partial charge in [0.05, 0.1) is 24.1 Å². The number of hydrogen-bond donors (Lipinski definition) is 2. The van der Waals surface area contributed by atoms with Gasteiger partial charge < -0.3 is 19.0 Å². The minimum absolute atomic E-state index is 0.0910. The average Bonchev–Trinajstić information content (AvgIpc) is 3.92. The first-order valence-corrected chi connectivity index (χ1v) is 15.1. The van der Waals surface area contributed by atoms with Gasteiger partial charge in [-0.2, -0.15) is 10.2 Å². The Morgan fingerprint density at radius 3 is 1.51 bits per heavy atom.